The van der Waals surface area contributed by atoms with E-state index >= 15 is 0 Å². The fourth-order valence-corrected chi connectivity index (χ4v) is 1.03. The zero-order valence-corrected chi connectivity index (χ0v) is 7.14. The molecule has 0 saturated heterocycles. The summed E-state index contributed by atoms with van der Waals surface area (Å²) in [6.45, 7) is 1.85. The fourth-order valence-electron chi connectivity index (χ4n) is 0.682. The van der Waals surface area contributed by atoms with Crippen LogP contribution in [0.1, 0.15) is 5.56 Å². The number of nitrogen functional groups attached to an aromatic ring is 1. The molecule has 0 spiro atoms. The number of hydrogen-bond donors (Lipinski definition) is 2. The maximum atomic E-state index is 9.22. The summed E-state index contributed by atoms with van der Waals surface area (Å²) in [6.07, 6.45) is 0. The minimum Gasteiger partial charge on any atom is -0.505 e. The van der Waals surface area contributed by atoms with Gasteiger partial charge in [0.15, 0.2) is 5.75 Å². The smallest absolute Gasteiger partial charge is 0.152 e. The molecule has 1 aromatic rings. The highest BCUT2D eigenvalue weighted by atomic mass is 79.9. The minimum absolute atomic E-state index is 0.125. The first-order valence-corrected chi connectivity index (χ1v) is 3.65. The zero-order chi connectivity index (χ0) is 7.72. The Morgan fingerprint density at radius 2 is 2.10 bits per heavy atom. The first-order chi connectivity index (χ1) is 4.63. The second-order valence-electron chi connectivity index (χ2n) is 2.13. The quantitative estimate of drug-likeness (QED) is 0.499. The third-order valence-corrected chi connectivity index (χ3v) is 2.03. The second-order valence-corrected chi connectivity index (χ2v) is 2.98. The number of halogens is 1. The normalized spacial score (nSPS) is 9.80. The second kappa shape index (κ2) is 2.50. The summed E-state index contributed by atoms with van der Waals surface area (Å²) in [5, 5.41) is 9.22. The van der Waals surface area contributed by atoms with E-state index in [1.165, 1.54) is 0 Å². The van der Waals surface area contributed by atoms with Crippen molar-refractivity contribution >= 4 is 21.6 Å². The molecule has 0 amide bonds. The van der Waals surface area contributed by atoms with E-state index in [0.29, 0.717) is 10.2 Å². The summed E-state index contributed by atoms with van der Waals surface area (Å²) >= 11 is 3.15. The zero-order valence-electron chi connectivity index (χ0n) is 5.56. The lowest BCUT2D eigenvalue weighted by molar-refractivity contribution is 0.474. The number of nitrogens with two attached hydrogens (primary N) is 1. The van der Waals surface area contributed by atoms with Gasteiger partial charge in [0.25, 0.3) is 0 Å². The van der Waals surface area contributed by atoms with Crippen LogP contribution in [0.3, 0.4) is 0 Å². The molecule has 0 saturated carbocycles. The van der Waals surface area contributed by atoms with Gasteiger partial charge in [-0.3, -0.25) is 0 Å². The summed E-state index contributed by atoms with van der Waals surface area (Å²) < 4.78 is 0.635. The number of phenolic OH excluding ortho intramolecular Hbond substituents is 1. The van der Waals surface area contributed by atoms with Gasteiger partial charge in [0.1, 0.15) is 0 Å². The largest absolute Gasteiger partial charge is 0.505 e. The summed E-state index contributed by atoms with van der Waals surface area (Å²) in [5.74, 6) is 0.125. The summed E-state index contributed by atoms with van der Waals surface area (Å²) in [7, 11) is 0. The van der Waals surface area contributed by atoms with Gasteiger partial charge in [-0.2, -0.15) is 0 Å². The maximum Gasteiger partial charge on any atom is 0.152 e. The Bertz CT molecular complexity index is 233. The molecule has 2 nitrogen and oxygen atoms in total. The Kier molecular flexibility index (Phi) is 1.85. The highest BCUT2D eigenvalue weighted by Crippen LogP contribution is 2.31. The minimum atomic E-state index is 0.125. The van der Waals surface area contributed by atoms with Gasteiger partial charge in [0.2, 0.25) is 0 Å². The van der Waals surface area contributed by atoms with Crippen molar-refractivity contribution in [2.75, 3.05) is 5.73 Å². The van der Waals surface area contributed by atoms with Crippen molar-refractivity contribution in [1.29, 1.82) is 0 Å². The van der Waals surface area contributed by atoms with Crippen LogP contribution in [0.2, 0.25) is 0 Å². The van der Waals surface area contributed by atoms with Crippen molar-refractivity contribution < 1.29 is 5.11 Å². The predicted molar refractivity (Wildman–Crippen MR) is 45.0 cm³/mol. The fraction of sp³-hybridized carbons (Fsp3) is 0.143. The first kappa shape index (κ1) is 7.41. The van der Waals surface area contributed by atoms with Crippen LogP contribution in [-0.4, -0.2) is 5.11 Å². The van der Waals surface area contributed by atoms with Crippen LogP contribution in [0.15, 0.2) is 16.6 Å². The van der Waals surface area contributed by atoms with Crippen molar-refractivity contribution in [3.8, 4) is 5.75 Å². The van der Waals surface area contributed by atoms with Gasteiger partial charge in [0.05, 0.1) is 10.2 Å². The SMILES string of the molecule is Cc1ccc(Br)c(O)c1N. The average Bonchev–Trinajstić information content (AvgIpc) is 1.93. The van der Waals surface area contributed by atoms with Crippen LogP contribution in [-0.2, 0) is 0 Å². The lowest BCUT2D eigenvalue weighted by atomic mass is 10.2. The van der Waals surface area contributed by atoms with Gasteiger partial charge in [-0.15, -0.1) is 0 Å². The molecule has 3 N–H and O–H groups in total. The average molecular weight is 202 g/mol. The van der Waals surface area contributed by atoms with E-state index < -0.39 is 0 Å². The summed E-state index contributed by atoms with van der Waals surface area (Å²) in [4.78, 5) is 0. The molecular formula is C7H8BrNO. The van der Waals surface area contributed by atoms with E-state index in [9.17, 15) is 5.11 Å². The lowest BCUT2D eigenvalue weighted by Gasteiger charge is -2.03. The molecule has 0 atom stereocenters. The van der Waals surface area contributed by atoms with Crippen LogP contribution in [0, 0.1) is 6.92 Å². The van der Waals surface area contributed by atoms with Crippen LogP contribution >= 0.6 is 15.9 Å². The van der Waals surface area contributed by atoms with Gasteiger partial charge in [0, 0.05) is 0 Å². The van der Waals surface area contributed by atoms with Crippen molar-refractivity contribution in [2.45, 2.75) is 6.92 Å². The molecule has 0 fully saturated rings. The Balaban J connectivity index is 3.34. The van der Waals surface area contributed by atoms with Gasteiger partial charge >= 0.3 is 0 Å². The Hall–Kier alpha value is -0.700. The highest BCUT2D eigenvalue weighted by Gasteiger charge is 2.02. The number of aryl methyl sites for hydroxylation is 1. The number of aromatic hydroxyl groups is 1. The molecular weight excluding hydrogens is 194 g/mol. The molecule has 0 aliphatic carbocycles. The molecule has 10 heavy (non-hydrogen) atoms. The third kappa shape index (κ3) is 1.09. The van der Waals surface area contributed by atoms with E-state index in [0.717, 1.165) is 5.56 Å². The molecule has 0 aromatic heterocycles. The van der Waals surface area contributed by atoms with E-state index in [2.05, 4.69) is 15.9 Å². The van der Waals surface area contributed by atoms with Gasteiger partial charge in [-0.25, -0.2) is 0 Å². The number of phenols is 1. The van der Waals surface area contributed by atoms with Gasteiger partial charge in [-0.05, 0) is 34.5 Å². The topological polar surface area (TPSA) is 46.2 Å². The Morgan fingerprint density at radius 3 is 2.60 bits per heavy atom. The summed E-state index contributed by atoms with van der Waals surface area (Å²) in [6, 6.07) is 3.61. The van der Waals surface area contributed by atoms with E-state index in [1.54, 1.807) is 6.07 Å². The Morgan fingerprint density at radius 1 is 1.50 bits per heavy atom. The molecule has 1 rings (SSSR count). The predicted octanol–water partition coefficient (Wildman–Crippen LogP) is 2.05. The number of anilines is 1. The Labute approximate surface area is 67.8 Å². The molecule has 1 aromatic carbocycles. The molecule has 3 heteroatoms. The van der Waals surface area contributed by atoms with Crippen LogP contribution in [0.4, 0.5) is 5.69 Å². The molecule has 54 valence electrons. The number of hydrogen-bond acceptors (Lipinski definition) is 2. The van der Waals surface area contributed by atoms with E-state index in [1.807, 2.05) is 13.0 Å². The van der Waals surface area contributed by atoms with Gasteiger partial charge in [-0.1, -0.05) is 6.07 Å². The van der Waals surface area contributed by atoms with E-state index in [-0.39, 0.29) is 5.75 Å². The van der Waals surface area contributed by atoms with Crippen LogP contribution in [0.25, 0.3) is 0 Å². The molecule has 0 aliphatic heterocycles. The van der Waals surface area contributed by atoms with Crippen molar-refractivity contribution in [3.05, 3.63) is 22.2 Å². The third-order valence-electron chi connectivity index (χ3n) is 1.39. The highest BCUT2D eigenvalue weighted by molar-refractivity contribution is 9.10. The first-order valence-electron chi connectivity index (χ1n) is 2.86. The molecule has 0 heterocycles. The monoisotopic (exact) mass is 201 g/mol. The summed E-state index contributed by atoms with van der Waals surface area (Å²) in [5.41, 5.74) is 6.83. The molecule has 0 aliphatic rings. The number of benzene rings is 1. The van der Waals surface area contributed by atoms with Crippen molar-refractivity contribution in [2.24, 2.45) is 0 Å². The van der Waals surface area contributed by atoms with Crippen molar-refractivity contribution in [1.82, 2.24) is 0 Å². The number of rotatable bonds is 0. The van der Waals surface area contributed by atoms with Crippen LogP contribution < -0.4 is 5.73 Å². The van der Waals surface area contributed by atoms with Crippen LogP contribution in [0.5, 0.6) is 5.75 Å². The molecule has 0 radical (unpaired) electrons. The standard InChI is InChI=1S/C7H8BrNO/c1-4-2-3-5(8)7(10)6(4)9/h2-3,10H,9H2,1H3. The van der Waals surface area contributed by atoms with E-state index in [4.69, 9.17) is 5.73 Å². The van der Waals surface area contributed by atoms with Gasteiger partial charge < -0.3 is 10.8 Å². The maximum absolute atomic E-state index is 9.22. The van der Waals surface area contributed by atoms with Crippen molar-refractivity contribution in [3.63, 3.8) is 0 Å². The lowest BCUT2D eigenvalue weighted by Crippen LogP contribution is -1.89. The molecule has 0 bridgehead atoms. The molecule has 0 unspecified atom stereocenters.